The highest BCUT2D eigenvalue weighted by Crippen LogP contribution is 2.19. The first-order valence-electron chi connectivity index (χ1n) is 3.94. The van der Waals surface area contributed by atoms with E-state index in [0.717, 1.165) is 16.9 Å². The van der Waals surface area contributed by atoms with Crippen LogP contribution in [-0.2, 0) is 6.42 Å². The lowest BCUT2D eigenvalue weighted by atomic mass is 10.1. The third-order valence-corrected chi connectivity index (χ3v) is 1.71. The van der Waals surface area contributed by atoms with Crippen LogP contribution in [0.2, 0.25) is 0 Å². The summed E-state index contributed by atoms with van der Waals surface area (Å²) >= 11 is 0. The number of aliphatic hydroxyl groups is 1. The van der Waals surface area contributed by atoms with Crippen molar-refractivity contribution in [2.45, 2.75) is 13.3 Å². The molecule has 0 aliphatic heterocycles. The van der Waals surface area contributed by atoms with E-state index >= 15 is 0 Å². The van der Waals surface area contributed by atoms with Crippen molar-refractivity contribution in [3.05, 3.63) is 29.3 Å². The van der Waals surface area contributed by atoms with Crippen molar-refractivity contribution in [1.29, 1.82) is 0 Å². The Bertz CT molecular complexity index is 256. The monoisotopic (exact) mass is 165 g/mol. The van der Waals surface area contributed by atoms with E-state index < -0.39 is 0 Å². The lowest BCUT2D eigenvalue weighted by molar-refractivity contribution is 0.296. The molecule has 1 N–H and O–H groups in total. The molecule has 2 nitrogen and oxygen atoms in total. The molecule has 1 rings (SSSR count). The average Bonchev–Trinajstić information content (AvgIpc) is 2.08. The van der Waals surface area contributed by atoms with Gasteiger partial charge in [-0.25, -0.2) is 0 Å². The van der Waals surface area contributed by atoms with Gasteiger partial charge in [0.1, 0.15) is 5.75 Å². The van der Waals surface area contributed by atoms with Crippen molar-refractivity contribution in [2.75, 3.05) is 13.7 Å². The molecule has 1 aromatic carbocycles. The summed E-state index contributed by atoms with van der Waals surface area (Å²) < 4.78 is 5.14. The SMILES string of the molecule is COc1cc(C)c[c]c1CCO. The van der Waals surface area contributed by atoms with Gasteiger partial charge in [0.05, 0.1) is 7.11 Å². The summed E-state index contributed by atoms with van der Waals surface area (Å²) in [6, 6.07) is 6.91. The first kappa shape index (κ1) is 9.07. The van der Waals surface area contributed by atoms with Crippen molar-refractivity contribution in [3.63, 3.8) is 0 Å². The number of rotatable bonds is 3. The van der Waals surface area contributed by atoms with E-state index in [1.54, 1.807) is 7.11 Å². The zero-order valence-corrected chi connectivity index (χ0v) is 7.42. The second kappa shape index (κ2) is 4.12. The van der Waals surface area contributed by atoms with Gasteiger partial charge in [0.15, 0.2) is 0 Å². The smallest absolute Gasteiger partial charge is 0.123 e. The highest BCUT2D eigenvalue weighted by Gasteiger charge is 2.01. The Morgan fingerprint density at radius 2 is 2.33 bits per heavy atom. The Labute approximate surface area is 72.8 Å². The van der Waals surface area contributed by atoms with Crippen LogP contribution in [0.25, 0.3) is 0 Å². The fourth-order valence-corrected chi connectivity index (χ4v) is 1.10. The molecule has 0 aliphatic carbocycles. The molecule has 0 aliphatic rings. The molecule has 0 fully saturated rings. The molecule has 12 heavy (non-hydrogen) atoms. The summed E-state index contributed by atoms with van der Waals surface area (Å²) in [5.41, 5.74) is 2.05. The summed E-state index contributed by atoms with van der Waals surface area (Å²) in [4.78, 5) is 0. The number of aliphatic hydroxyl groups excluding tert-OH is 1. The van der Waals surface area contributed by atoms with Crippen molar-refractivity contribution in [3.8, 4) is 5.75 Å². The molecule has 0 unspecified atom stereocenters. The fourth-order valence-electron chi connectivity index (χ4n) is 1.10. The highest BCUT2D eigenvalue weighted by molar-refractivity contribution is 5.36. The molecule has 1 radical (unpaired) electrons. The first-order chi connectivity index (χ1) is 5.77. The first-order valence-corrected chi connectivity index (χ1v) is 3.94. The van der Waals surface area contributed by atoms with E-state index in [1.807, 2.05) is 19.1 Å². The van der Waals surface area contributed by atoms with Crippen molar-refractivity contribution < 1.29 is 9.84 Å². The van der Waals surface area contributed by atoms with E-state index in [0.29, 0.717) is 6.42 Å². The number of benzene rings is 1. The van der Waals surface area contributed by atoms with Crippen LogP contribution in [0.15, 0.2) is 12.1 Å². The molecule has 2 heteroatoms. The highest BCUT2D eigenvalue weighted by atomic mass is 16.5. The molecule has 1 aromatic rings. The lowest BCUT2D eigenvalue weighted by Gasteiger charge is -2.06. The Morgan fingerprint density at radius 1 is 1.58 bits per heavy atom. The topological polar surface area (TPSA) is 29.5 Å². The van der Waals surface area contributed by atoms with Crippen molar-refractivity contribution >= 4 is 0 Å². The number of aryl methyl sites for hydroxylation is 1. The van der Waals surface area contributed by atoms with Gasteiger partial charge in [-0.15, -0.1) is 0 Å². The Kier molecular flexibility index (Phi) is 3.11. The second-order valence-electron chi connectivity index (χ2n) is 2.70. The molecule has 0 heterocycles. The average molecular weight is 165 g/mol. The molecule has 65 valence electrons. The van der Waals surface area contributed by atoms with E-state index in [2.05, 4.69) is 6.07 Å². The third kappa shape index (κ3) is 1.98. The predicted octanol–water partition coefficient (Wildman–Crippen LogP) is 1.34. The van der Waals surface area contributed by atoms with Crippen LogP contribution in [0.3, 0.4) is 0 Å². The molecule has 0 saturated carbocycles. The molecule has 0 amide bonds. The standard InChI is InChI=1S/C10H13O2/c1-8-3-4-9(5-6-11)10(7-8)12-2/h3,7,11H,5-6H2,1-2H3. The van der Waals surface area contributed by atoms with Crippen LogP contribution < -0.4 is 4.74 Å². The van der Waals surface area contributed by atoms with Gasteiger partial charge in [-0.05, 0) is 31.0 Å². The minimum atomic E-state index is 0.135. The zero-order chi connectivity index (χ0) is 8.97. The molecule has 0 spiro atoms. The molecular formula is C10H13O2. The zero-order valence-electron chi connectivity index (χ0n) is 7.42. The van der Waals surface area contributed by atoms with Crippen LogP contribution in [0.4, 0.5) is 0 Å². The van der Waals surface area contributed by atoms with Gasteiger partial charge < -0.3 is 9.84 Å². The van der Waals surface area contributed by atoms with Gasteiger partial charge in [0, 0.05) is 12.2 Å². The maximum absolute atomic E-state index is 8.73. The number of ether oxygens (including phenoxy) is 1. The molecule has 0 aromatic heterocycles. The maximum Gasteiger partial charge on any atom is 0.123 e. The molecule has 0 saturated heterocycles. The maximum atomic E-state index is 8.73. The Hall–Kier alpha value is -1.02. The van der Waals surface area contributed by atoms with E-state index in [4.69, 9.17) is 9.84 Å². The van der Waals surface area contributed by atoms with Crippen LogP contribution >= 0.6 is 0 Å². The van der Waals surface area contributed by atoms with Gasteiger partial charge in [-0.3, -0.25) is 0 Å². The normalized spacial score (nSPS) is 9.92. The van der Waals surface area contributed by atoms with Crippen molar-refractivity contribution in [1.82, 2.24) is 0 Å². The van der Waals surface area contributed by atoms with Crippen LogP contribution in [0, 0.1) is 13.0 Å². The Morgan fingerprint density at radius 3 is 2.92 bits per heavy atom. The quantitative estimate of drug-likeness (QED) is 0.732. The summed E-state index contributed by atoms with van der Waals surface area (Å²) in [7, 11) is 1.63. The van der Waals surface area contributed by atoms with E-state index in [9.17, 15) is 0 Å². The lowest BCUT2D eigenvalue weighted by Crippen LogP contribution is -1.96. The minimum absolute atomic E-state index is 0.135. The minimum Gasteiger partial charge on any atom is -0.496 e. The third-order valence-electron chi connectivity index (χ3n) is 1.71. The number of hydrogen-bond donors (Lipinski definition) is 1. The van der Waals surface area contributed by atoms with E-state index in [-0.39, 0.29) is 6.61 Å². The summed E-state index contributed by atoms with van der Waals surface area (Å²) in [6.45, 7) is 2.12. The largest absolute Gasteiger partial charge is 0.496 e. The molecular weight excluding hydrogens is 152 g/mol. The number of hydrogen-bond acceptors (Lipinski definition) is 2. The van der Waals surface area contributed by atoms with Crippen LogP contribution in [0.5, 0.6) is 5.75 Å². The van der Waals surface area contributed by atoms with Gasteiger partial charge in [-0.1, -0.05) is 6.07 Å². The molecule has 0 atom stereocenters. The van der Waals surface area contributed by atoms with Crippen LogP contribution in [-0.4, -0.2) is 18.8 Å². The second-order valence-corrected chi connectivity index (χ2v) is 2.70. The van der Waals surface area contributed by atoms with Gasteiger partial charge >= 0.3 is 0 Å². The van der Waals surface area contributed by atoms with Crippen molar-refractivity contribution in [2.24, 2.45) is 0 Å². The van der Waals surface area contributed by atoms with Gasteiger partial charge in [0.25, 0.3) is 0 Å². The summed E-state index contributed by atoms with van der Waals surface area (Å²) in [6.07, 6.45) is 0.601. The fraction of sp³-hybridized carbons (Fsp3) is 0.400. The van der Waals surface area contributed by atoms with Gasteiger partial charge in [0.2, 0.25) is 0 Å². The Balaban J connectivity index is 2.94. The predicted molar refractivity (Wildman–Crippen MR) is 47.4 cm³/mol. The summed E-state index contributed by atoms with van der Waals surface area (Å²) in [5, 5.41) is 8.73. The van der Waals surface area contributed by atoms with E-state index in [1.165, 1.54) is 0 Å². The molecule has 0 bridgehead atoms. The van der Waals surface area contributed by atoms with Gasteiger partial charge in [-0.2, -0.15) is 0 Å². The summed E-state index contributed by atoms with van der Waals surface area (Å²) in [5.74, 6) is 0.809. The van der Waals surface area contributed by atoms with Crippen LogP contribution in [0.1, 0.15) is 11.1 Å². The number of methoxy groups -OCH3 is 1.